The summed E-state index contributed by atoms with van der Waals surface area (Å²) in [5.74, 6) is 0.267. The third-order valence-electron chi connectivity index (χ3n) is 2.77. The summed E-state index contributed by atoms with van der Waals surface area (Å²) >= 11 is 0. The summed E-state index contributed by atoms with van der Waals surface area (Å²) in [7, 11) is 1.66. The molecule has 0 unspecified atom stereocenters. The summed E-state index contributed by atoms with van der Waals surface area (Å²) in [6, 6.07) is -0.369. The van der Waals surface area contributed by atoms with Gasteiger partial charge in [-0.05, 0) is 12.3 Å². The summed E-state index contributed by atoms with van der Waals surface area (Å²) in [6.45, 7) is 9.67. The molecule has 0 aromatic heterocycles. The fourth-order valence-corrected chi connectivity index (χ4v) is 1.71. The second-order valence-electron chi connectivity index (χ2n) is 5.97. The van der Waals surface area contributed by atoms with E-state index in [1.54, 1.807) is 7.05 Å². The van der Waals surface area contributed by atoms with Crippen LogP contribution in [-0.4, -0.2) is 36.2 Å². The van der Waals surface area contributed by atoms with Crippen molar-refractivity contribution in [1.82, 2.24) is 4.90 Å². The molecule has 0 fully saturated rings. The van der Waals surface area contributed by atoms with Gasteiger partial charge in [0.2, 0.25) is 5.91 Å². The van der Waals surface area contributed by atoms with Crippen molar-refractivity contribution < 1.29 is 9.59 Å². The zero-order chi connectivity index (χ0) is 13.8. The Morgan fingerprint density at radius 1 is 1.24 bits per heavy atom. The highest BCUT2D eigenvalue weighted by Crippen LogP contribution is 2.23. The summed E-state index contributed by atoms with van der Waals surface area (Å²) in [4.78, 5) is 25.4. The maximum absolute atomic E-state index is 12.3. The number of nitrogens with zero attached hydrogens (tertiary/aromatic N) is 1. The molecule has 1 amide bonds. The Balaban J connectivity index is 5.01. The smallest absolute Gasteiger partial charge is 0.236 e. The van der Waals surface area contributed by atoms with Crippen LogP contribution in [-0.2, 0) is 9.59 Å². The summed E-state index contributed by atoms with van der Waals surface area (Å²) in [5.41, 5.74) is 4.91. The molecule has 100 valence electrons. The van der Waals surface area contributed by atoms with Gasteiger partial charge in [-0.15, -0.1) is 0 Å². The van der Waals surface area contributed by atoms with Crippen molar-refractivity contribution in [2.45, 2.75) is 47.1 Å². The maximum atomic E-state index is 12.3. The Bertz CT molecular complexity index is 280. The number of rotatable bonds is 5. The first-order valence-corrected chi connectivity index (χ1v) is 6.11. The molecule has 0 aromatic carbocycles. The van der Waals surface area contributed by atoms with E-state index in [-0.39, 0.29) is 24.3 Å². The van der Waals surface area contributed by atoms with Gasteiger partial charge in [0.05, 0.1) is 12.6 Å². The van der Waals surface area contributed by atoms with Crippen LogP contribution in [0.15, 0.2) is 0 Å². The Morgan fingerprint density at radius 3 is 2.00 bits per heavy atom. The maximum Gasteiger partial charge on any atom is 0.236 e. The molecule has 4 nitrogen and oxygen atoms in total. The number of likely N-dealkylation sites (N-methyl/N-ethyl adjacent to an activating group) is 1. The number of hydrogen-bond acceptors (Lipinski definition) is 3. The zero-order valence-corrected chi connectivity index (χ0v) is 11.9. The number of carbonyl (C=O) groups is 2. The van der Waals surface area contributed by atoms with E-state index in [0.717, 1.165) is 0 Å². The van der Waals surface area contributed by atoms with Crippen LogP contribution >= 0.6 is 0 Å². The first kappa shape index (κ1) is 16.1. The molecule has 0 spiro atoms. The molecule has 0 heterocycles. The van der Waals surface area contributed by atoms with Gasteiger partial charge in [-0.25, -0.2) is 0 Å². The minimum absolute atomic E-state index is 0.0531. The van der Waals surface area contributed by atoms with E-state index in [0.29, 0.717) is 12.3 Å². The van der Waals surface area contributed by atoms with Crippen molar-refractivity contribution in [2.75, 3.05) is 13.6 Å². The second-order valence-corrected chi connectivity index (χ2v) is 5.97. The lowest BCUT2D eigenvalue weighted by Crippen LogP contribution is -2.49. The molecule has 0 aliphatic heterocycles. The fraction of sp³-hybridized carbons (Fsp3) is 0.846. The summed E-state index contributed by atoms with van der Waals surface area (Å²) in [6.07, 6.45) is 0.679. The Morgan fingerprint density at radius 2 is 1.71 bits per heavy atom. The van der Waals surface area contributed by atoms with E-state index in [1.807, 2.05) is 34.6 Å². The Labute approximate surface area is 105 Å². The number of ketones is 1. The van der Waals surface area contributed by atoms with E-state index in [1.165, 1.54) is 4.90 Å². The van der Waals surface area contributed by atoms with Gasteiger partial charge < -0.3 is 10.6 Å². The number of carbonyl (C=O) groups excluding carboxylic acids is 2. The molecule has 17 heavy (non-hydrogen) atoms. The first-order valence-electron chi connectivity index (χ1n) is 6.11. The van der Waals surface area contributed by atoms with Crippen molar-refractivity contribution in [3.63, 3.8) is 0 Å². The highest BCUT2D eigenvalue weighted by Gasteiger charge is 2.34. The summed E-state index contributed by atoms with van der Waals surface area (Å²) in [5, 5.41) is 0. The van der Waals surface area contributed by atoms with Crippen LogP contribution in [0.25, 0.3) is 0 Å². The van der Waals surface area contributed by atoms with Crippen molar-refractivity contribution in [2.24, 2.45) is 17.1 Å². The number of nitrogens with two attached hydrogens (primary N) is 1. The molecule has 1 atom stereocenters. The summed E-state index contributed by atoms with van der Waals surface area (Å²) < 4.78 is 0. The van der Waals surface area contributed by atoms with Crippen LogP contribution in [0.1, 0.15) is 41.0 Å². The second kappa shape index (κ2) is 6.15. The molecule has 0 rings (SSSR count). The monoisotopic (exact) mass is 242 g/mol. The predicted molar refractivity (Wildman–Crippen MR) is 69.5 cm³/mol. The normalized spacial score (nSPS) is 13.6. The van der Waals surface area contributed by atoms with Gasteiger partial charge in [0, 0.05) is 12.5 Å². The van der Waals surface area contributed by atoms with E-state index >= 15 is 0 Å². The molecule has 0 aromatic rings. The van der Waals surface area contributed by atoms with E-state index in [2.05, 4.69) is 0 Å². The molecule has 2 N–H and O–H groups in total. The lowest BCUT2D eigenvalue weighted by molar-refractivity contribution is -0.141. The average Bonchev–Trinajstić information content (AvgIpc) is 2.21. The van der Waals surface area contributed by atoms with Crippen LogP contribution in [0.2, 0.25) is 0 Å². The van der Waals surface area contributed by atoms with Crippen molar-refractivity contribution in [3.8, 4) is 0 Å². The molecule has 0 bridgehead atoms. The van der Waals surface area contributed by atoms with Crippen LogP contribution in [0, 0.1) is 11.3 Å². The minimum Gasteiger partial charge on any atom is -0.335 e. The third kappa shape index (κ3) is 4.86. The average molecular weight is 242 g/mol. The van der Waals surface area contributed by atoms with Crippen LogP contribution < -0.4 is 5.73 Å². The van der Waals surface area contributed by atoms with Gasteiger partial charge in [0.25, 0.3) is 0 Å². The number of amides is 1. The molecular formula is C13H26N2O2. The lowest BCUT2D eigenvalue weighted by atomic mass is 9.83. The van der Waals surface area contributed by atoms with Crippen molar-refractivity contribution in [3.05, 3.63) is 0 Å². The molecule has 0 aliphatic rings. The highest BCUT2D eigenvalue weighted by atomic mass is 16.2. The minimum atomic E-state index is -0.442. The predicted octanol–water partition coefficient (Wildman–Crippen LogP) is 1.43. The lowest BCUT2D eigenvalue weighted by Gasteiger charge is -2.32. The zero-order valence-electron chi connectivity index (χ0n) is 11.9. The van der Waals surface area contributed by atoms with Gasteiger partial charge in [-0.1, -0.05) is 34.6 Å². The van der Waals surface area contributed by atoms with Crippen molar-refractivity contribution >= 4 is 11.7 Å². The van der Waals surface area contributed by atoms with Crippen molar-refractivity contribution in [1.29, 1.82) is 0 Å². The molecular weight excluding hydrogens is 216 g/mol. The molecule has 4 heteroatoms. The van der Waals surface area contributed by atoms with E-state index in [4.69, 9.17) is 5.73 Å². The van der Waals surface area contributed by atoms with Crippen LogP contribution in [0.5, 0.6) is 0 Å². The van der Waals surface area contributed by atoms with Gasteiger partial charge in [-0.3, -0.25) is 9.59 Å². The van der Waals surface area contributed by atoms with Gasteiger partial charge >= 0.3 is 0 Å². The number of Topliss-reactive ketones (excluding diaryl/α,β-unsaturated/α-hetero) is 1. The standard InChI is InChI=1S/C13H26N2O2/c1-9(2)7-10(12(17)13(3,4)5)15(6)11(16)8-14/h9-10H,7-8,14H2,1-6H3/t10-/m1/s1. The van der Waals surface area contributed by atoms with E-state index < -0.39 is 5.41 Å². The molecule has 0 aliphatic carbocycles. The van der Waals surface area contributed by atoms with Crippen LogP contribution in [0.3, 0.4) is 0 Å². The number of hydrogen-bond donors (Lipinski definition) is 1. The van der Waals surface area contributed by atoms with Gasteiger partial charge in [0.1, 0.15) is 0 Å². The Hall–Kier alpha value is -0.900. The largest absolute Gasteiger partial charge is 0.335 e. The fourth-order valence-electron chi connectivity index (χ4n) is 1.71. The topological polar surface area (TPSA) is 63.4 Å². The quantitative estimate of drug-likeness (QED) is 0.793. The SMILES string of the molecule is CC(C)C[C@H](C(=O)C(C)(C)C)N(C)C(=O)CN. The molecule has 0 saturated carbocycles. The first-order chi connectivity index (χ1) is 7.61. The Kier molecular flexibility index (Phi) is 5.82. The molecule has 0 saturated heterocycles. The molecule has 0 radical (unpaired) electrons. The van der Waals surface area contributed by atoms with Crippen LogP contribution in [0.4, 0.5) is 0 Å². The van der Waals surface area contributed by atoms with Gasteiger partial charge in [0.15, 0.2) is 5.78 Å². The van der Waals surface area contributed by atoms with Gasteiger partial charge in [-0.2, -0.15) is 0 Å². The third-order valence-corrected chi connectivity index (χ3v) is 2.77. The highest BCUT2D eigenvalue weighted by molar-refractivity contribution is 5.92. The van der Waals surface area contributed by atoms with E-state index in [9.17, 15) is 9.59 Å².